The molecule has 0 radical (unpaired) electrons. The Bertz CT molecular complexity index is 292. The summed E-state index contributed by atoms with van der Waals surface area (Å²) in [5.41, 5.74) is -0.257. The van der Waals surface area contributed by atoms with Gasteiger partial charge in [-0.1, -0.05) is 6.58 Å². The number of carbonyl (C=O) groups excluding carboxylic acids is 1. The third kappa shape index (κ3) is 6.19. The second kappa shape index (κ2) is 5.65. The zero-order valence-electron chi connectivity index (χ0n) is 10.3. The van der Waals surface area contributed by atoms with Gasteiger partial charge in [-0.25, -0.2) is 4.79 Å². The largest absolute Gasteiger partial charge is 0.478 e. The lowest BCUT2D eigenvalue weighted by Gasteiger charge is -2.23. The van der Waals surface area contributed by atoms with Gasteiger partial charge in [-0.05, 0) is 27.7 Å². The monoisotopic (exact) mass is 228 g/mol. The van der Waals surface area contributed by atoms with Gasteiger partial charge in [0.25, 0.3) is 0 Å². The van der Waals surface area contributed by atoms with E-state index >= 15 is 0 Å². The predicted octanol–water partition coefficient (Wildman–Crippen LogP) is 0.520. The van der Waals surface area contributed by atoms with Gasteiger partial charge < -0.3 is 15.7 Å². The lowest BCUT2D eigenvalue weighted by Crippen LogP contribution is -2.50. The molecule has 0 bridgehead atoms. The van der Waals surface area contributed by atoms with Gasteiger partial charge in [0.15, 0.2) is 0 Å². The van der Waals surface area contributed by atoms with Gasteiger partial charge in [0.05, 0.1) is 6.04 Å². The van der Waals surface area contributed by atoms with Crippen LogP contribution in [0.5, 0.6) is 0 Å². The summed E-state index contributed by atoms with van der Waals surface area (Å²) in [6.07, 6.45) is 0. The van der Waals surface area contributed by atoms with E-state index in [0.29, 0.717) is 0 Å². The highest BCUT2D eigenvalue weighted by atomic mass is 16.4. The number of carboxylic acid groups (broad SMARTS) is 1. The Morgan fingerprint density at radius 1 is 1.38 bits per heavy atom. The predicted molar refractivity (Wildman–Crippen MR) is 62.1 cm³/mol. The van der Waals surface area contributed by atoms with Crippen LogP contribution in [-0.2, 0) is 9.59 Å². The molecule has 0 fully saturated rings. The van der Waals surface area contributed by atoms with Crippen LogP contribution in [0.3, 0.4) is 0 Å². The van der Waals surface area contributed by atoms with Crippen molar-refractivity contribution in [2.45, 2.75) is 39.3 Å². The van der Waals surface area contributed by atoms with Gasteiger partial charge in [0.2, 0.25) is 5.91 Å². The van der Waals surface area contributed by atoms with Crippen LogP contribution in [0, 0.1) is 0 Å². The second-order valence-electron chi connectivity index (χ2n) is 4.75. The summed E-state index contributed by atoms with van der Waals surface area (Å²) in [7, 11) is 0. The van der Waals surface area contributed by atoms with Crippen molar-refractivity contribution in [3.63, 3.8) is 0 Å². The molecular weight excluding hydrogens is 208 g/mol. The minimum Gasteiger partial charge on any atom is -0.478 e. The van der Waals surface area contributed by atoms with Crippen molar-refractivity contribution >= 4 is 11.9 Å². The molecule has 5 nitrogen and oxygen atoms in total. The van der Waals surface area contributed by atoms with Gasteiger partial charge in [0, 0.05) is 17.7 Å². The fourth-order valence-corrected chi connectivity index (χ4v) is 0.922. The zero-order chi connectivity index (χ0) is 12.9. The SMILES string of the molecule is C=C(CNC(C)C(=O)NC(C)(C)C)C(=O)O. The highest BCUT2D eigenvalue weighted by Gasteiger charge is 2.19. The summed E-state index contributed by atoms with van der Waals surface area (Å²) >= 11 is 0. The van der Waals surface area contributed by atoms with E-state index in [1.165, 1.54) is 0 Å². The van der Waals surface area contributed by atoms with E-state index in [0.717, 1.165) is 0 Å². The van der Waals surface area contributed by atoms with Crippen molar-refractivity contribution in [1.29, 1.82) is 0 Å². The Morgan fingerprint density at radius 2 is 1.88 bits per heavy atom. The number of nitrogens with one attached hydrogen (secondary N) is 2. The number of carbonyl (C=O) groups is 2. The van der Waals surface area contributed by atoms with E-state index < -0.39 is 12.0 Å². The molecule has 1 amide bonds. The van der Waals surface area contributed by atoms with Crippen molar-refractivity contribution in [1.82, 2.24) is 10.6 Å². The molecule has 0 aliphatic rings. The van der Waals surface area contributed by atoms with Crippen LogP contribution in [-0.4, -0.2) is 35.1 Å². The van der Waals surface area contributed by atoms with E-state index in [-0.39, 0.29) is 23.6 Å². The lowest BCUT2D eigenvalue weighted by atomic mass is 10.1. The summed E-state index contributed by atoms with van der Waals surface area (Å²) in [4.78, 5) is 22.1. The molecule has 0 rings (SSSR count). The first-order chi connectivity index (χ1) is 7.13. The summed E-state index contributed by atoms with van der Waals surface area (Å²) in [5.74, 6) is -1.22. The molecule has 92 valence electrons. The van der Waals surface area contributed by atoms with Crippen molar-refractivity contribution in [2.75, 3.05) is 6.54 Å². The van der Waals surface area contributed by atoms with Crippen molar-refractivity contribution in [3.05, 3.63) is 12.2 Å². The highest BCUT2D eigenvalue weighted by Crippen LogP contribution is 1.99. The number of hydrogen-bond donors (Lipinski definition) is 3. The summed E-state index contributed by atoms with van der Waals surface area (Å²) in [6.45, 7) is 10.8. The molecule has 0 aromatic rings. The van der Waals surface area contributed by atoms with Gasteiger partial charge in [-0.15, -0.1) is 0 Å². The fraction of sp³-hybridized carbons (Fsp3) is 0.636. The molecular formula is C11H20N2O3. The van der Waals surface area contributed by atoms with Crippen LogP contribution in [0.4, 0.5) is 0 Å². The third-order valence-corrected chi connectivity index (χ3v) is 1.82. The average Bonchev–Trinajstić information content (AvgIpc) is 2.10. The highest BCUT2D eigenvalue weighted by molar-refractivity contribution is 5.86. The fourth-order valence-electron chi connectivity index (χ4n) is 0.922. The Kier molecular flexibility index (Phi) is 5.17. The first kappa shape index (κ1) is 14.6. The summed E-state index contributed by atoms with van der Waals surface area (Å²) in [5, 5.41) is 14.2. The van der Waals surface area contributed by atoms with Gasteiger partial charge in [-0.2, -0.15) is 0 Å². The number of hydrogen-bond acceptors (Lipinski definition) is 3. The van der Waals surface area contributed by atoms with Gasteiger partial charge in [0.1, 0.15) is 0 Å². The topological polar surface area (TPSA) is 78.4 Å². The molecule has 5 heteroatoms. The Morgan fingerprint density at radius 3 is 2.25 bits per heavy atom. The van der Waals surface area contributed by atoms with Gasteiger partial charge in [-0.3, -0.25) is 4.79 Å². The van der Waals surface area contributed by atoms with E-state index in [1.807, 2.05) is 20.8 Å². The third-order valence-electron chi connectivity index (χ3n) is 1.82. The minimum absolute atomic E-state index is 0.0374. The van der Waals surface area contributed by atoms with Crippen molar-refractivity contribution < 1.29 is 14.7 Å². The summed E-state index contributed by atoms with van der Waals surface area (Å²) < 4.78 is 0. The minimum atomic E-state index is -1.06. The number of carboxylic acids is 1. The molecule has 0 spiro atoms. The van der Waals surface area contributed by atoms with Crippen LogP contribution in [0.25, 0.3) is 0 Å². The molecule has 0 aromatic heterocycles. The van der Waals surface area contributed by atoms with Crippen molar-refractivity contribution in [3.8, 4) is 0 Å². The maximum atomic E-state index is 11.6. The van der Waals surface area contributed by atoms with E-state index in [1.54, 1.807) is 6.92 Å². The second-order valence-corrected chi connectivity index (χ2v) is 4.75. The number of amides is 1. The van der Waals surface area contributed by atoms with E-state index in [4.69, 9.17) is 5.11 Å². The maximum Gasteiger partial charge on any atom is 0.332 e. The maximum absolute atomic E-state index is 11.6. The zero-order valence-corrected chi connectivity index (χ0v) is 10.3. The molecule has 0 aromatic carbocycles. The van der Waals surface area contributed by atoms with E-state index in [9.17, 15) is 9.59 Å². The molecule has 1 atom stereocenters. The normalized spacial score (nSPS) is 13.0. The molecule has 0 saturated carbocycles. The quantitative estimate of drug-likeness (QED) is 0.599. The molecule has 3 N–H and O–H groups in total. The molecule has 16 heavy (non-hydrogen) atoms. The first-order valence-corrected chi connectivity index (χ1v) is 5.10. The van der Waals surface area contributed by atoms with Crippen LogP contribution >= 0.6 is 0 Å². The van der Waals surface area contributed by atoms with Crippen LogP contribution in [0.2, 0.25) is 0 Å². The standard InChI is InChI=1S/C11H20N2O3/c1-7(10(15)16)6-12-8(2)9(14)13-11(3,4)5/h8,12H,1,6H2,2-5H3,(H,13,14)(H,15,16). The molecule has 0 saturated heterocycles. The Hall–Kier alpha value is -1.36. The average molecular weight is 228 g/mol. The molecule has 0 aliphatic heterocycles. The van der Waals surface area contributed by atoms with Crippen LogP contribution < -0.4 is 10.6 Å². The summed E-state index contributed by atoms with van der Waals surface area (Å²) in [6, 6.07) is -0.449. The molecule has 0 heterocycles. The number of aliphatic carboxylic acids is 1. The lowest BCUT2D eigenvalue weighted by molar-refractivity contribution is -0.133. The molecule has 1 unspecified atom stereocenters. The Labute approximate surface area is 95.9 Å². The Balaban J connectivity index is 4.07. The number of rotatable bonds is 5. The molecule has 0 aliphatic carbocycles. The van der Waals surface area contributed by atoms with E-state index in [2.05, 4.69) is 17.2 Å². The van der Waals surface area contributed by atoms with Crippen LogP contribution in [0.1, 0.15) is 27.7 Å². The smallest absolute Gasteiger partial charge is 0.332 e. The van der Waals surface area contributed by atoms with Gasteiger partial charge >= 0.3 is 5.97 Å². The first-order valence-electron chi connectivity index (χ1n) is 5.10. The van der Waals surface area contributed by atoms with Crippen LogP contribution in [0.15, 0.2) is 12.2 Å². The van der Waals surface area contributed by atoms with Crippen molar-refractivity contribution in [2.24, 2.45) is 0 Å².